The molecule has 3 N–H and O–H groups in total. The number of nitrogen functional groups attached to an aromatic ring is 1. The number of carbonyl (C=O) groups excluding carboxylic acids is 2. The average Bonchev–Trinajstić information content (AvgIpc) is 2.61. The van der Waals surface area contributed by atoms with Crippen molar-refractivity contribution in [1.82, 2.24) is 0 Å². The summed E-state index contributed by atoms with van der Waals surface area (Å²) in [6.45, 7) is 1.30. The van der Waals surface area contributed by atoms with Gasteiger partial charge in [0, 0.05) is 11.4 Å². The second kappa shape index (κ2) is 7.78. The molecule has 1 amide bonds. The predicted molar refractivity (Wildman–Crippen MR) is 90.5 cm³/mol. The first-order valence-electron chi connectivity index (χ1n) is 7.60. The number of amides is 1. The normalized spacial score (nSPS) is 12.0. The number of halogens is 3. The summed E-state index contributed by atoms with van der Waals surface area (Å²) in [6, 6.07) is 10.1. The number of rotatable bonds is 4. The molecule has 0 aliphatic rings. The lowest BCUT2D eigenvalue weighted by molar-refractivity contribution is -0.137. The standard InChI is InChI=1S/C18H14F3N3O3/c1-10(16(25)24-13-5-2-11(9-22)3-6-13)27-17(26)14-7-4-12(8-15(14)23)18(19,20)21/h2-8,10H,23H2,1H3,(H,24,25)/t10-/m0/s1. The number of nitrogens with zero attached hydrogens (tertiary/aromatic N) is 1. The smallest absolute Gasteiger partial charge is 0.416 e. The highest BCUT2D eigenvalue weighted by atomic mass is 19.4. The van der Waals surface area contributed by atoms with Crippen LogP contribution >= 0.6 is 0 Å². The summed E-state index contributed by atoms with van der Waals surface area (Å²) in [5, 5.41) is 11.2. The van der Waals surface area contributed by atoms with Gasteiger partial charge < -0.3 is 15.8 Å². The Hall–Kier alpha value is -3.54. The van der Waals surface area contributed by atoms with E-state index in [-0.39, 0.29) is 5.56 Å². The van der Waals surface area contributed by atoms with Crippen molar-refractivity contribution in [2.24, 2.45) is 0 Å². The Morgan fingerprint density at radius 1 is 1.19 bits per heavy atom. The molecule has 2 aromatic carbocycles. The number of nitrogens with two attached hydrogens (primary N) is 1. The van der Waals surface area contributed by atoms with Crippen molar-refractivity contribution in [3.05, 3.63) is 59.2 Å². The quantitative estimate of drug-likeness (QED) is 0.628. The first-order chi connectivity index (χ1) is 12.6. The summed E-state index contributed by atoms with van der Waals surface area (Å²) in [5.41, 5.74) is 4.60. The van der Waals surface area contributed by atoms with Crippen LogP contribution in [-0.2, 0) is 15.7 Å². The van der Waals surface area contributed by atoms with E-state index in [2.05, 4.69) is 5.32 Å². The number of nitrogens with one attached hydrogen (secondary N) is 1. The van der Waals surface area contributed by atoms with E-state index in [0.717, 1.165) is 6.07 Å². The van der Waals surface area contributed by atoms with Crippen LogP contribution in [0.4, 0.5) is 24.5 Å². The summed E-state index contributed by atoms with van der Waals surface area (Å²) in [5.74, 6) is -1.68. The van der Waals surface area contributed by atoms with Gasteiger partial charge in [0.15, 0.2) is 6.10 Å². The van der Waals surface area contributed by atoms with E-state index in [1.165, 1.54) is 31.2 Å². The molecule has 9 heteroatoms. The number of esters is 1. The Morgan fingerprint density at radius 2 is 1.81 bits per heavy atom. The summed E-state index contributed by atoms with van der Waals surface area (Å²) in [6.07, 6.45) is -5.82. The zero-order valence-electron chi connectivity index (χ0n) is 14.0. The number of hydrogen-bond donors (Lipinski definition) is 2. The van der Waals surface area contributed by atoms with Crippen LogP contribution in [-0.4, -0.2) is 18.0 Å². The highest BCUT2D eigenvalue weighted by Crippen LogP contribution is 2.31. The average molecular weight is 377 g/mol. The first-order valence-corrected chi connectivity index (χ1v) is 7.60. The second-order valence-electron chi connectivity index (χ2n) is 5.53. The first kappa shape index (κ1) is 19.8. The lowest BCUT2D eigenvalue weighted by atomic mass is 10.1. The Morgan fingerprint density at radius 3 is 2.33 bits per heavy atom. The van der Waals surface area contributed by atoms with Crippen molar-refractivity contribution in [3.63, 3.8) is 0 Å². The van der Waals surface area contributed by atoms with Crippen molar-refractivity contribution < 1.29 is 27.5 Å². The molecular weight excluding hydrogens is 363 g/mol. The molecule has 6 nitrogen and oxygen atoms in total. The minimum Gasteiger partial charge on any atom is -0.449 e. The molecule has 0 bridgehead atoms. The number of anilines is 2. The molecule has 0 saturated heterocycles. The van der Waals surface area contributed by atoms with E-state index < -0.39 is 35.4 Å². The van der Waals surface area contributed by atoms with Gasteiger partial charge in [-0.25, -0.2) is 4.79 Å². The number of hydrogen-bond acceptors (Lipinski definition) is 5. The van der Waals surface area contributed by atoms with Crippen LogP contribution in [0.25, 0.3) is 0 Å². The van der Waals surface area contributed by atoms with E-state index in [1.54, 1.807) is 0 Å². The van der Waals surface area contributed by atoms with Gasteiger partial charge in [0.1, 0.15) is 0 Å². The minimum atomic E-state index is -4.59. The fourth-order valence-electron chi connectivity index (χ4n) is 2.07. The predicted octanol–water partition coefficient (Wildman–Crippen LogP) is 3.34. The molecule has 0 radical (unpaired) electrons. The maximum atomic E-state index is 12.6. The molecule has 1 atom stereocenters. The molecule has 0 aliphatic heterocycles. The number of ether oxygens (including phenoxy) is 1. The monoisotopic (exact) mass is 377 g/mol. The van der Waals surface area contributed by atoms with Crippen LogP contribution in [0.15, 0.2) is 42.5 Å². The van der Waals surface area contributed by atoms with Crippen LogP contribution in [0.1, 0.15) is 28.4 Å². The Labute approximate surface area is 152 Å². The summed E-state index contributed by atoms with van der Waals surface area (Å²) in [4.78, 5) is 24.1. The van der Waals surface area contributed by atoms with Crippen molar-refractivity contribution in [3.8, 4) is 6.07 Å². The fourth-order valence-corrected chi connectivity index (χ4v) is 2.07. The van der Waals surface area contributed by atoms with Crippen LogP contribution < -0.4 is 11.1 Å². The highest BCUT2D eigenvalue weighted by Gasteiger charge is 2.31. The molecule has 2 rings (SSSR count). The van der Waals surface area contributed by atoms with Gasteiger partial charge in [-0.2, -0.15) is 18.4 Å². The Bertz CT molecular complexity index is 903. The molecule has 0 spiro atoms. The lowest BCUT2D eigenvalue weighted by Crippen LogP contribution is -2.30. The zero-order chi connectivity index (χ0) is 20.2. The van der Waals surface area contributed by atoms with Crippen molar-refractivity contribution in [1.29, 1.82) is 5.26 Å². The summed E-state index contributed by atoms with van der Waals surface area (Å²) < 4.78 is 42.8. The minimum absolute atomic E-state index is 0.277. The summed E-state index contributed by atoms with van der Waals surface area (Å²) >= 11 is 0. The van der Waals surface area contributed by atoms with E-state index in [4.69, 9.17) is 15.7 Å². The fraction of sp³-hybridized carbons (Fsp3) is 0.167. The molecule has 0 unspecified atom stereocenters. The molecule has 0 aliphatic carbocycles. The number of nitriles is 1. The number of benzene rings is 2. The number of alkyl halides is 3. The van der Waals surface area contributed by atoms with Gasteiger partial charge in [0.2, 0.25) is 0 Å². The molecular formula is C18H14F3N3O3. The maximum absolute atomic E-state index is 12.6. The zero-order valence-corrected chi connectivity index (χ0v) is 14.0. The molecule has 140 valence electrons. The van der Waals surface area contributed by atoms with Gasteiger partial charge in [-0.1, -0.05) is 0 Å². The van der Waals surface area contributed by atoms with Crippen LogP contribution in [0.5, 0.6) is 0 Å². The Kier molecular flexibility index (Phi) is 5.70. The lowest BCUT2D eigenvalue weighted by Gasteiger charge is -2.15. The van der Waals surface area contributed by atoms with Gasteiger partial charge in [0.25, 0.3) is 5.91 Å². The summed E-state index contributed by atoms with van der Waals surface area (Å²) in [7, 11) is 0. The van der Waals surface area contributed by atoms with Crippen molar-refractivity contribution >= 4 is 23.3 Å². The van der Waals surface area contributed by atoms with Gasteiger partial charge in [-0.15, -0.1) is 0 Å². The Balaban J connectivity index is 2.04. The van der Waals surface area contributed by atoms with Gasteiger partial charge in [-0.3, -0.25) is 4.79 Å². The molecule has 2 aromatic rings. The largest absolute Gasteiger partial charge is 0.449 e. The maximum Gasteiger partial charge on any atom is 0.416 e. The SMILES string of the molecule is C[C@H](OC(=O)c1ccc(C(F)(F)F)cc1N)C(=O)Nc1ccc(C#N)cc1. The van der Waals surface area contributed by atoms with E-state index in [1.807, 2.05) is 6.07 Å². The van der Waals surface area contributed by atoms with E-state index in [9.17, 15) is 22.8 Å². The molecule has 0 saturated carbocycles. The van der Waals surface area contributed by atoms with Crippen LogP contribution in [0, 0.1) is 11.3 Å². The third kappa shape index (κ3) is 4.98. The molecule has 27 heavy (non-hydrogen) atoms. The molecule has 0 aromatic heterocycles. The van der Waals surface area contributed by atoms with Gasteiger partial charge in [-0.05, 0) is 49.4 Å². The molecule has 0 fully saturated rings. The van der Waals surface area contributed by atoms with Crippen LogP contribution in [0.3, 0.4) is 0 Å². The van der Waals surface area contributed by atoms with Crippen molar-refractivity contribution in [2.45, 2.75) is 19.2 Å². The second-order valence-corrected chi connectivity index (χ2v) is 5.53. The number of carbonyl (C=O) groups is 2. The third-order valence-corrected chi connectivity index (χ3v) is 3.53. The van der Waals surface area contributed by atoms with Crippen molar-refractivity contribution in [2.75, 3.05) is 11.1 Å². The van der Waals surface area contributed by atoms with E-state index in [0.29, 0.717) is 23.4 Å². The third-order valence-electron chi connectivity index (χ3n) is 3.53. The van der Waals surface area contributed by atoms with E-state index >= 15 is 0 Å². The van der Waals surface area contributed by atoms with Crippen LogP contribution in [0.2, 0.25) is 0 Å². The van der Waals surface area contributed by atoms with Gasteiger partial charge in [0.05, 0.1) is 22.8 Å². The highest BCUT2D eigenvalue weighted by molar-refractivity contribution is 5.99. The molecule has 0 heterocycles. The topological polar surface area (TPSA) is 105 Å². The van der Waals surface area contributed by atoms with Gasteiger partial charge >= 0.3 is 12.1 Å².